The Balaban J connectivity index is 2.97. The molecule has 0 fully saturated rings. The largest absolute Gasteiger partial charge is 0.480 e. The Morgan fingerprint density at radius 2 is 2.19 bits per heavy atom. The number of carbonyl (C=O) groups is 1. The number of nitrogens with zero attached hydrogens (tertiary/aromatic N) is 1. The fraction of sp³-hybridized carbons (Fsp3) is 0.462. The van der Waals surface area contributed by atoms with Gasteiger partial charge in [-0.1, -0.05) is 19.1 Å². The third-order valence-corrected chi connectivity index (χ3v) is 2.62. The molecule has 0 aliphatic rings. The van der Waals surface area contributed by atoms with Crippen molar-refractivity contribution >= 4 is 11.7 Å². The summed E-state index contributed by atoms with van der Waals surface area (Å²) in [6.45, 7) is 6.55. The highest BCUT2D eigenvalue weighted by Gasteiger charge is 2.19. The van der Waals surface area contributed by atoms with Gasteiger partial charge in [0.1, 0.15) is 6.04 Å². The lowest BCUT2D eigenvalue weighted by molar-refractivity contribution is -0.138. The normalized spacial score (nSPS) is 12.2. The Hall–Kier alpha value is -1.51. The first kappa shape index (κ1) is 12.6. The molecule has 1 aromatic carbocycles. The number of benzene rings is 1. The van der Waals surface area contributed by atoms with Gasteiger partial charge in [-0.25, -0.2) is 4.79 Å². The van der Waals surface area contributed by atoms with Gasteiger partial charge in [-0.15, -0.1) is 0 Å². The highest BCUT2D eigenvalue weighted by atomic mass is 16.4. The lowest BCUT2D eigenvalue weighted by atomic mass is 10.1. The lowest BCUT2D eigenvalue weighted by Crippen LogP contribution is -2.39. The minimum Gasteiger partial charge on any atom is -0.480 e. The van der Waals surface area contributed by atoms with Crippen LogP contribution in [0.1, 0.15) is 25.8 Å². The monoisotopic (exact) mass is 221 g/mol. The molecule has 0 aromatic heterocycles. The zero-order chi connectivity index (χ0) is 12.1. The van der Waals surface area contributed by atoms with Gasteiger partial charge < -0.3 is 10.0 Å². The molecule has 0 radical (unpaired) electrons. The molecular formula is C13H19NO2. The Morgan fingerprint density at radius 1 is 1.50 bits per heavy atom. The maximum atomic E-state index is 11.0. The van der Waals surface area contributed by atoms with Crippen LogP contribution in [0.5, 0.6) is 0 Å². The highest BCUT2D eigenvalue weighted by molar-refractivity contribution is 5.77. The van der Waals surface area contributed by atoms with Crippen LogP contribution in [0.25, 0.3) is 0 Å². The van der Waals surface area contributed by atoms with E-state index in [-0.39, 0.29) is 0 Å². The first-order valence-electron chi connectivity index (χ1n) is 5.62. The van der Waals surface area contributed by atoms with Gasteiger partial charge in [0.05, 0.1) is 0 Å². The zero-order valence-electron chi connectivity index (χ0n) is 10.1. The molecule has 0 aliphatic carbocycles. The van der Waals surface area contributed by atoms with Crippen LogP contribution in [0.4, 0.5) is 5.69 Å². The molecular weight excluding hydrogens is 202 g/mol. The van der Waals surface area contributed by atoms with Crippen LogP contribution < -0.4 is 4.90 Å². The molecule has 0 aliphatic heterocycles. The summed E-state index contributed by atoms with van der Waals surface area (Å²) in [5, 5.41) is 9.07. The fourth-order valence-corrected chi connectivity index (χ4v) is 1.73. The lowest BCUT2D eigenvalue weighted by Gasteiger charge is -2.28. The highest BCUT2D eigenvalue weighted by Crippen LogP contribution is 2.19. The molecule has 1 N–H and O–H groups in total. The number of aryl methyl sites for hydroxylation is 1. The molecule has 0 bridgehead atoms. The van der Waals surface area contributed by atoms with Gasteiger partial charge in [0.2, 0.25) is 0 Å². The van der Waals surface area contributed by atoms with Crippen molar-refractivity contribution in [1.82, 2.24) is 0 Å². The van der Waals surface area contributed by atoms with Gasteiger partial charge >= 0.3 is 5.97 Å². The number of carboxylic acid groups (broad SMARTS) is 1. The summed E-state index contributed by atoms with van der Waals surface area (Å²) in [5.74, 6) is -0.782. The van der Waals surface area contributed by atoms with E-state index in [1.54, 1.807) is 6.92 Å². The van der Waals surface area contributed by atoms with E-state index in [2.05, 4.69) is 6.92 Å². The van der Waals surface area contributed by atoms with Crippen LogP contribution in [0.2, 0.25) is 0 Å². The molecule has 1 rings (SSSR count). The quantitative estimate of drug-likeness (QED) is 0.831. The average molecular weight is 221 g/mol. The van der Waals surface area contributed by atoms with Crippen LogP contribution in [0.15, 0.2) is 24.3 Å². The summed E-state index contributed by atoms with van der Waals surface area (Å²) in [6.07, 6.45) is 0.936. The second-order valence-corrected chi connectivity index (χ2v) is 4.05. The summed E-state index contributed by atoms with van der Waals surface area (Å²) >= 11 is 0. The Kier molecular flexibility index (Phi) is 4.35. The molecule has 0 spiro atoms. The maximum Gasteiger partial charge on any atom is 0.326 e. The van der Waals surface area contributed by atoms with Crippen molar-refractivity contribution in [1.29, 1.82) is 0 Å². The predicted molar refractivity (Wildman–Crippen MR) is 65.9 cm³/mol. The molecule has 1 aromatic rings. The smallest absolute Gasteiger partial charge is 0.326 e. The Labute approximate surface area is 96.7 Å². The maximum absolute atomic E-state index is 11.0. The van der Waals surface area contributed by atoms with Crippen molar-refractivity contribution < 1.29 is 9.90 Å². The van der Waals surface area contributed by atoms with E-state index in [1.807, 2.05) is 36.1 Å². The molecule has 1 atom stereocenters. The van der Waals surface area contributed by atoms with Gasteiger partial charge in [-0.05, 0) is 38.0 Å². The van der Waals surface area contributed by atoms with Gasteiger partial charge in [0, 0.05) is 12.2 Å². The molecule has 0 saturated carbocycles. The van der Waals surface area contributed by atoms with Gasteiger partial charge in [-0.3, -0.25) is 0 Å². The molecule has 3 heteroatoms. The molecule has 0 amide bonds. The van der Waals surface area contributed by atoms with Gasteiger partial charge in [0.15, 0.2) is 0 Å². The molecule has 0 heterocycles. The second-order valence-electron chi connectivity index (χ2n) is 4.05. The predicted octanol–water partition coefficient (Wildman–Crippen LogP) is 2.68. The van der Waals surface area contributed by atoms with E-state index in [0.29, 0.717) is 0 Å². The number of hydrogen-bond donors (Lipinski definition) is 1. The van der Waals surface area contributed by atoms with E-state index < -0.39 is 12.0 Å². The number of rotatable bonds is 5. The van der Waals surface area contributed by atoms with E-state index in [0.717, 1.165) is 24.2 Å². The molecule has 0 saturated heterocycles. The average Bonchev–Trinajstić information content (AvgIpc) is 2.24. The fourth-order valence-electron chi connectivity index (χ4n) is 1.73. The minimum atomic E-state index is -0.782. The molecule has 3 nitrogen and oxygen atoms in total. The number of carboxylic acids is 1. The second kappa shape index (κ2) is 5.54. The van der Waals surface area contributed by atoms with Crippen molar-refractivity contribution in [3.05, 3.63) is 29.8 Å². The summed E-state index contributed by atoms with van der Waals surface area (Å²) in [6, 6.07) is 7.47. The topological polar surface area (TPSA) is 40.5 Å². The Morgan fingerprint density at radius 3 is 2.69 bits per heavy atom. The summed E-state index contributed by atoms with van der Waals surface area (Å²) in [5.41, 5.74) is 2.13. The van der Waals surface area contributed by atoms with E-state index in [1.165, 1.54) is 0 Å². The molecule has 16 heavy (non-hydrogen) atoms. The van der Waals surface area contributed by atoms with Crippen molar-refractivity contribution in [2.45, 2.75) is 33.2 Å². The first-order chi connectivity index (χ1) is 7.56. The van der Waals surface area contributed by atoms with Crippen molar-refractivity contribution in [2.75, 3.05) is 11.4 Å². The number of anilines is 1. The summed E-state index contributed by atoms with van der Waals surface area (Å²) < 4.78 is 0. The molecule has 0 unspecified atom stereocenters. The van der Waals surface area contributed by atoms with Crippen molar-refractivity contribution in [3.63, 3.8) is 0 Å². The van der Waals surface area contributed by atoms with E-state index >= 15 is 0 Å². The summed E-state index contributed by atoms with van der Waals surface area (Å²) in [7, 11) is 0. The van der Waals surface area contributed by atoms with E-state index in [9.17, 15) is 4.79 Å². The van der Waals surface area contributed by atoms with Gasteiger partial charge in [-0.2, -0.15) is 0 Å². The molecule has 88 valence electrons. The third kappa shape index (κ3) is 2.99. The number of hydrogen-bond acceptors (Lipinski definition) is 2. The van der Waals surface area contributed by atoms with Crippen molar-refractivity contribution in [3.8, 4) is 0 Å². The Bertz CT molecular complexity index is 363. The van der Waals surface area contributed by atoms with Crippen molar-refractivity contribution in [2.24, 2.45) is 0 Å². The number of aliphatic carboxylic acids is 1. The summed E-state index contributed by atoms with van der Waals surface area (Å²) in [4.78, 5) is 13.0. The van der Waals surface area contributed by atoms with Crippen LogP contribution in [0.3, 0.4) is 0 Å². The zero-order valence-corrected chi connectivity index (χ0v) is 10.1. The standard InChI is InChI=1S/C13H19NO2/c1-4-8-14(11(3)13(15)16)12-7-5-6-10(2)9-12/h5-7,9,11H,4,8H2,1-3H3,(H,15,16)/t11-/m1/s1. The van der Waals surface area contributed by atoms with Crippen LogP contribution in [-0.4, -0.2) is 23.7 Å². The van der Waals surface area contributed by atoms with Gasteiger partial charge in [0.25, 0.3) is 0 Å². The van der Waals surface area contributed by atoms with Crippen LogP contribution in [-0.2, 0) is 4.79 Å². The minimum absolute atomic E-state index is 0.484. The van der Waals surface area contributed by atoms with E-state index in [4.69, 9.17) is 5.11 Å². The SMILES string of the molecule is CCCN(c1cccc(C)c1)[C@H](C)C(=O)O. The third-order valence-electron chi connectivity index (χ3n) is 2.62. The van der Waals surface area contributed by atoms with Crippen LogP contribution in [0, 0.1) is 6.92 Å². The van der Waals surface area contributed by atoms with Crippen LogP contribution >= 0.6 is 0 Å². The first-order valence-corrected chi connectivity index (χ1v) is 5.62.